The minimum Gasteiger partial charge on any atom is -0.391 e. The van der Waals surface area contributed by atoms with Crippen molar-refractivity contribution in [2.24, 2.45) is 11.7 Å². The molecule has 0 amide bonds. The minimum absolute atomic E-state index is 0.0590. The number of nitrogens with two attached hydrogens (primary N) is 1. The lowest BCUT2D eigenvalue weighted by atomic mass is 9.94. The molecule has 0 radical (unpaired) electrons. The van der Waals surface area contributed by atoms with Gasteiger partial charge in [-0.3, -0.25) is 0 Å². The lowest BCUT2D eigenvalue weighted by Gasteiger charge is -2.24. The molecule has 3 N–H and O–H groups in total. The first kappa shape index (κ1) is 13.2. The van der Waals surface area contributed by atoms with Gasteiger partial charge in [0.25, 0.3) is 0 Å². The Labute approximate surface area is 97.2 Å². The summed E-state index contributed by atoms with van der Waals surface area (Å²) in [4.78, 5) is 0. The zero-order chi connectivity index (χ0) is 12.0. The number of rotatable bonds is 6. The fourth-order valence-corrected chi connectivity index (χ4v) is 1.79. The summed E-state index contributed by atoms with van der Waals surface area (Å²) >= 11 is 0. The summed E-state index contributed by atoms with van der Waals surface area (Å²) in [6.45, 7) is 2.47. The van der Waals surface area contributed by atoms with E-state index in [4.69, 9.17) is 10.5 Å². The molecule has 1 rings (SSSR count). The molecular weight excluding hydrogens is 202 g/mol. The quantitative estimate of drug-likeness (QED) is 0.762. The van der Waals surface area contributed by atoms with E-state index >= 15 is 0 Å². The van der Waals surface area contributed by atoms with Crippen LogP contribution >= 0.6 is 0 Å². The van der Waals surface area contributed by atoms with Crippen molar-refractivity contribution in [1.82, 2.24) is 0 Å². The molecule has 0 aliphatic rings. The van der Waals surface area contributed by atoms with Gasteiger partial charge in [0, 0.05) is 19.1 Å². The van der Waals surface area contributed by atoms with Crippen molar-refractivity contribution in [2.75, 3.05) is 13.7 Å². The van der Waals surface area contributed by atoms with E-state index in [-0.39, 0.29) is 12.0 Å². The van der Waals surface area contributed by atoms with E-state index in [0.717, 1.165) is 5.56 Å². The molecule has 0 fully saturated rings. The Morgan fingerprint density at radius 1 is 1.31 bits per heavy atom. The summed E-state index contributed by atoms with van der Waals surface area (Å²) in [6, 6.07) is 9.73. The first-order chi connectivity index (χ1) is 7.65. The molecule has 0 saturated carbocycles. The van der Waals surface area contributed by atoms with E-state index in [9.17, 15) is 5.11 Å². The van der Waals surface area contributed by atoms with E-state index < -0.39 is 6.10 Å². The number of methoxy groups -OCH3 is 1. The van der Waals surface area contributed by atoms with Gasteiger partial charge < -0.3 is 15.6 Å². The molecule has 3 heteroatoms. The summed E-state index contributed by atoms with van der Waals surface area (Å²) in [7, 11) is 1.63. The van der Waals surface area contributed by atoms with Gasteiger partial charge in [0.15, 0.2) is 0 Å². The lowest BCUT2D eigenvalue weighted by Crippen LogP contribution is -2.42. The van der Waals surface area contributed by atoms with Crippen molar-refractivity contribution in [3.8, 4) is 0 Å². The van der Waals surface area contributed by atoms with E-state index in [1.165, 1.54) is 0 Å². The highest BCUT2D eigenvalue weighted by molar-refractivity contribution is 5.16. The number of aliphatic hydroxyl groups is 1. The topological polar surface area (TPSA) is 55.5 Å². The molecule has 16 heavy (non-hydrogen) atoms. The van der Waals surface area contributed by atoms with Crippen molar-refractivity contribution in [3.05, 3.63) is 35.9 Å². The van der Waals surface area contributed by atoms with Crippen LogP contribution in [0.5, 0.6) is 0 Å². The summed E-state index contributed by atoms with van der Waals surface area (Å²) in [5, 5.41) is 9.97. The molecule has 0 bridgehead atoms. The molecule has 1 aromatic rings. The smallest absolute Gasteiger partial charge is 0.0741 e. The van der Waals surface area contributed by atoms with Gasteiger partial charge >= 0.3 is 0 Å². The SMILES string of the molecule is COCC(C)C(O)C(N)Cc1ccccc1. The molecule has 3 nitrogen and oxygen atoms in total. The molecule has 1 aromatic carbocycles. The molecule has 0 aromatic heterocycles. The predicted molar refractivity (Wildman–Crippen MR) is 65.2 cm³/mol. The Hall–Kier alpha value is -0.900. The summed E-state index contributed by atoms with van der Waals surface area (Å²) in [5.74, 6) is 0.0590. The van der Waals surface area contributed by atoms with E-state index in [1.54, 1.807) is 7.11 Å². The summed E-state index contributed by atoms with van der Waals surface area (Å²) in [6.07, 6.45) is 0.163. The number of aliphatic hydroxyl groups excluding tert-OH is 1. The van der Waals surface area contributed by atoms with Gasteiger partial charge in [-0.1, -0.05) is 37.3 Å². The monoisotopic (exact) mass is 223 g/mol. The van der Waals surface area contributed by atoms with Gasteiger partial charge in [0.2, 0.25) is 0 Å². The van der Waals surface area contributed by atoms with Gasteiger partial charge in [-0.05, 0) is 12.0 Å². The number of benzene rings is 1. The maximum absolute atomic E-state index is 9.97. The maximum Gasteiger partial charge on any atom is 0.0741 e. The van der Waals surface area contributed by atoms with Crippen molar-refractivity contribution in [1.29, 1.82) is 0 Å². The van der Waals surface area contributed by atoms with Crippen LogP contribution in [0, 0.1) is 5.92 Å². The van der Waals surface area contributed by atoms with Crippen LogP contribution in [0.4, 0.5) is 0 Å². The zero-order valence-electron chi connectivity index (χ0n) is 9.97. The van der Waals surface area contributed by atoms with E-state index in [2.05, 4.69) is 0 Å². The van der Waals surface area contributed by atoms with Crippen LogP contribution in [0.2, 0.25) is 0 Å². The largest absolute Gasteiger partial charge is 0.391 e. The minimum atomic E-state index is -0.528. The standard InChI is InChI=1S/C13H21NO2/c1-10(9-16-2)13(15)12(14)8-11-6-4-3-5-7-11/h3-7,10,12-13,15H,8-9,14H2,1-2H3. The van der Waals surface area contributed by atoms with E-state index in [0.29, 0.717) is 13.0 Å². The Morgan fingerprint density at radius 2 is 1.94 bits per heavy atom. The average molecular weight is 223 g/mol. The van der Waals surface area contributed by atoms with Crippen LogP contribution in [0.3, 0.4) is 0 Å². The highest BCUT2D eigenvalue weighted by Crippen LogP contribution is 2.11. The van der Waals surface area contributed by atoms with Gasteiger partial charge in [0.05, 0.1) is 12.7 Å². The summed E-state index contributed by atoms with van der Waals surface area (Å²) in [5.41, 5.74) is 7.13. The fourth-order valence-electron chi connectivity index (χ4n) is 1.79. The molecule has 3 unspecified atom stereocenters. The molecular formula is C13H21NO2. The van der Waals surface area contributed by atoms with Crippen LogP contribution in [0.1, 0.15) is 12.5 Å². The zero-order valence-corrected chi connectivity index (χ0v) is 9.97. The van der Waals surface area contributed by atoms with Crippen LogP contribution in [0.25, 0.3) is 0 Å². The molecule has 3 atom stereocenters. The van der Waals surface area contributed by atoms with E-state index in [1.807, 2.05) is 37.3 Å². The highest BCUT2D eigenvalue weighted by atomic mass is 16.5. The van der Waals surface area contributed by atoms with Crippen LogP contribution in [-0.4, -0.2) is 31.0 Å². The molecule has 0 aliphatic carbocycles. The molecule has 0 heterocycles. The average Bonchev–Trinajstić information content (AvgIpc) is 2.29. The molecule has 0 saturated heterocycles. The predicted octanol–water partition coefficient (Wildman–Crippen LogP) is 1.20. The second kappa shape index (κ2) is 6.63. The normalized spacial score (nSPS) is 16.8. The molecule has 90 valence electrons. The second-order valence-electron chi connectivity index (χ2n) is 4.28. The molecule has 0 spiro atoms. The summed E-state index contributed by atoms with van der Waals surface area (Å²) < 4.78 is 5.01. The Morgan fingerprint density at radius 3 is 2.50 bits per heavy atom. The fraction of sp³-hybridized carbons (Fsp3) is 0.538. The van der Waals surface area contributed by atoms with Gasteiger partial charge in [-0.2, -0.15) is 0 Å². The Balaban J connectivity index is 2.48. The number of ether oxygens (including phenoxy) is 1. The number of hydrogen-bond donors (Lipinski definition) is 2. The van der Waals surface area contributed by atoms with Crippen LogP contribution in [0.15, 0.2) is 30.3 Å². The van der Waals surface area contributed by atoms with Gasteiger partial charge in [-0.25, -0.2) is 0 Å². The lowest BCUT2D eigenvalue weighted by molar-refractivity contribution is 0.0409. The van der Waals surface area contributed by atoms with Crippen molar-refractivity contribution in [2.45, 2.75) is 25.5 Å². The van der Waals surface area contributed by atoms with Crippen LogP contribution < -0.4 is 5.73 Å². The second-order valence-corrected chi connectivity index (χ2v) is 4.28. The van der Waals surface area contributed by atoms with Crippen LogP contribution in [-0.2, 0) is 11.2 Å². The van der Waals surface area contributed by atoms with Crippen molar-refractivity contribution in [3.63, 3.8) is 0 Å². The first-order valence-corrected chi connectivity index (χ1v) is 5.61. The Bertz CT molecular complexity index is 289. The van der Waals surface area contributed by atoms with Crippen molar-refractivity contribution >= 4 is 0 Å². The third kappa shape index (κ3) is 3.93. The molecule has 0 aliphatic heterocycles. The van der Waals surface area contributed by atoms with Gasteiger partial charge in [-0.15, -0.1) is 0 Å². The Kier molecular flexibility index (Phi) is 5.46. The number of hydrogen-bond acceptors (Lipinski definition) is 3. The van der Waals surface area contributed by atoms with Crippen molar-refractivity contribution < 1.29 is 9.84 Å². The first-order valence-electron chi connectivity index (χ1n) is 5.61. The maximum atomic E-state index is 9.97. The van der Waals surface area contributed by atoms with Gasteiger partial charge in [0.1, 0.15) is 0 Å². The third-order valence-corrected chi connectivity index (χ3v) is 2.77. The highest BCUT2D eigenvalue weighted by Gasteiger charge is 2.21. The third-order valence-electron chi connectivity index (χ3n) is 2.77.